The van der Waals surface area contributed by atoms with Crippen LogP contribution in [0.1, 0.15) is 18.9 Å². The predicted octanol–water partition coefficient (Wildman–Crippen LogP) is 2.98. The molecule has 0 aromatic heterocycles. The maximum absolute atomic E-state index is 12.3. The third-order valence-corrected chi connectivity index (χ3v) is 4.24. The van der Waals surface area contributed by atoms with Gasteiger partial charge in [-0.25, -0.2) is 0 Å². The van der Waals surface area contributed by atoms with Crippen LogP contribution < -0.4 is 14.8 Å². The Labute approximate surface area is 154 Å². The van der Waals surface area contributed by atoms with Gasteiger partial charge in [-0.15, -0.1) is 0 Å². The minimum Gasteiger partial charge on any atom is -0.482 e. The van der Waals surface area contributed by atoms with E-state index in [1.54, 1.807) is 0 Å². The standard InChI is InChI=1S/C21H25NO4/c1-16-20(26-19-11-6-5-10-18(19)25-16)21(23)22-13-7-14-24-15-12-17-8-3-2-4-9-17/h2-6,8-11,16,20H,7,12-15H2,1H3,(H,22,23). The molecule has 0 bridgehead atoms. The Morgan fingerprint density at radius 2 is 1.69 bits per heavy atom. The Morgan fingerprint density at radius 3 is 2.46 bits per heavy atom. The molecule has 3 rings (SSSR count). The zero-order chi connectivity index (χ0) is 18.2. The van der Waals surface area contributed by atoms with Gasteiger partial charge < -0.3 is 19.5 Å². The Kier molecular flexibility index (Phi) is 6.50. The molecule has 138 valence electrons. The summed E-state index contributed by atoms with van der Waals surface area (Å²) in [4.78, 5) is 12.3. The second-order valence-corrected chi connectivity index (χ2v) is 6.30. The van der Waals surface area contributed by atoms with Crippen LogP contribution in [0.2, 0.25) is 0 Å². The van der Waals surface area contributed by atoms with Gasteiger partial charge in [-0.1, -0.05) is 42.5 Å². The van der Waals surface area contributed by atoms with Crippen LogP contribution in [0.5, 0.6) is 11.5 Å². The number of fused-ring (bicyclic) bond motifs is 1. The average Bonchev–Trinajstić information content (AvgIpc) is 2.67. The minimum absolute atomic E-state index is 0.156. The summed E-state index contributed by atoms with van der Waals surface area (Å²) >= 11 is 0. The summed E-state index contributed by atoms with van der Waals surface area (Å²) < 4.78 is 17.2. The van der Waals surface area contributed by atoms with Crippen molar-refractivity contribution in [1.29, 1.82) is 0 Å². The van der Waals surface area contributed by atoms with Crippen LogP contribution >= 0.6 is 0 Å². The summed E-state index contributed by atoms with van der Waals surface area (Å²) in [5, 5.41) is 2.90. The van der Waals surface area contributed by atoms with Crippen LogP contribution in [0.15, 0.2) is 54.6 Å². The third kappa shape index (κ3) is 4.99. The van der Waals surface area contributed by atoms with Crippen LogP contribution in [0, 0.1) is 0 Å². The molecular weight excluding hydrogens is 330 g/mol. The van der Waals surface area contributed by atoms with Crippen molar-refractivity contribution < 1.29 is 19.0 Å². The van der Waals surface area contributed by atoms with Gasteiger partial charge >= 0.3 is 0 Å². The molecule has 2 atom stereocenters. The molecule has 5 heteroatoms. The number of ether oxygens (including phenoxy) is 3. The Morgan fingerprint density at radius 1 is 1.00 bits per heavy atom. The normalized spacial score (nSPS) is 18.3. The highest BCUT2D eigenvalue weighted by Crippen LogP contribution is 2.33. The molecule has 0 aliphatic carbocycles. The first kappa shape index (κ1) is 18.3. The quantitative estimate of drug-likeness (QED) is 0.740. The molecule has 2 aromatic rings. The van der Waals surface area contributed by atoms with E-state index >= 15 is 0 Å². The van der Waals surface area contributed by atoms with Crippen LogP contribution in [-0.4, -0.2) is 37.9 Å². The summed E-state index contributed by atoms with van der Waals surface area (Å²) in [7, 11) is 0. The Balaban J connectivity index is 1.32. The Bertz CT molecular complexity index is 704. The predicted molar refractivity (Wildman–Crippen MR) is 99.5 cm³/mol. The average molecular weight is 355 g/mol. The largest absolute Gasteiger partial charge is 0.482 e. The molecule has 0 spiro atoms. The van der Waals surface area contributed by atoms with Crippen molar-refractivity contribution in [3.8, 4) is 11.5 Å². The maximum atomic E-state index is 12.3. The number of hydrogen-bond donors (Lipinski definition) is 1. The van der Waals surface area contributed by atoms with Gasteiger partial charge in [-0.05, 0) is 37.5 Å². The molecule has 2 aromatic carbocycles. The van der Waals surface area contributed by atoms with E-state index in [0.717, 1.165) is 12.8 Å². The smallest absolute Gasteiger partial charge is 0.265 e. The first-order valence-corrected chi connectivity index (χ1v) is 9.06. The summed E-state index contributed by atoms with van der Waals surface area (Å²) in [5.41, 5.74) is 1.27. The van der Waals surface area contributed by atoms with Gasteiger partial charge in [0, 0.05) is 13.2 Å². The molecule has 1 aliphatic rings. The minimum atomic E-state index is -0.635. The second-order valence-electron chi connectivity index (χ2n) is 6.30. The third-order valence-electron chi connectivity index (χ3n) is 4.24. The summed E-state index contributed by atoms with van der Waals surface area (Å²) in [6.07, 6.45) is 0.701. The van der Waals surface area contributed by atoms with Crippen molar-refractivity contribution in [1.82, 2.24) is 5.32 Å². The molecule has 0 saturated heterocycles. The molecule has 1 aliphatic heterocycles. The number of hydrogen-bond acceptors (Lipinski definition) is 4. The molecule has 0 fully saturated rings. The zero-order valence-electron chi connectivity index (χ0n) is 15.0. The van der Waals surface area contributed by atoms with E-state index in [2.05, 4.69) is 17.4 Å². The molecule has 0 saturated carbocycles. The highest BCUT2D eigenvalue weighted by Gasteiger charge is 2.33. The van der Waals surface area contributed by atoms with Gasteiger partial charge in [0.1, 0.15) is 6.10 Å². The second kappa shape index (κ2) is 9.25. The zero-order valence-corrected chi connectivity index (χ0v) is 15.0. The highest BCUT2D eigenvalue weighted by atomic mass is 16.6. The molecule has 5 nitrogen and oxygen atoms in total. The number of carbonyl (C=O) groups is 1. The van der Waals surface area contributed by atoms with Gasteiger partial charge in [0.25, 0.3) is 5.91 Å². The highest BCUT2D eigenvalue weighted by molar-refractivity contribution is 5.82. The van der Waals surface area contributed by atoms with E-state index in [4.69, 9.17) is 14.2 Å². The number of rotatable bonds is 8. The lowest BCUT2D eigenvalue weighted by Gasteiger charge is -2.31. The lowest BCUT2D eigenvalue weighted by Crippen LogP contribution is -2.49. The first-order valence-electron chi connectivity index (χ1n) is 9.06. The summed E-state index contributed by atoms with van der Waals surface area (Å²) in [6, 6.07) is 17.6. The first-order chi connectivity index (χ1) is 12.7. The van der Waals surface area contributed by atoms with Crippen molar-refractivity contribution in [3.05, 3.63) is 60.2 Å². The molecule has 2 unspecified atom stereocenters. The lowest BCUT2D eigenvalue weighted by molar-refractivity contribution is -0.133. The van der Waals surface area contributed by atoms with Gasteiger partial charge in [0.05, 0.1) is 6.61 Å². The molecule has 1 heterocycles. The SMILES string of the molecule is CC1Oc2ccccc2OC1C(=O)NCCCOCCc1ccccc1. The van der Waals surface area contributed by atoms with Gasteiger partial charge in [0.15, 0.2) is 11.5 Å². The van der Waals surface area contributed by atoms with Crippen molar-refractivity contribution in [3.63, 3.8) is 0 Å². The molecule has 26 heavy (non-hydrogen) atoms. The van der Waals surface area contributed by atoms with E-state index < -0.39 is 6.10 Å². The van der Waals surface area contributed by atoms with Crippen LogP contribution in [0.3, 0.4) is 0 Å². The Hall–Kier alpha value is -2.53. The fraction of sp³-hybridized carbons (Fsp3) is 0.381. The van der Waals surface area contributed by atoms with Crippen molar-refractivity contribution in [2.75, 3.05) is 19.8 Å². The molecule has 0 radical (unpaired) electrons. The fourth-order valence-electron chi connectivity index (χ4n) is 2.83. The van der Waals surface area contributed by atoms with E-state index in [9.17, 15) is 4.79 Å². The van der Waals surface area contributed by atoms with Crippen LogP contribution in [-0.2, 0) is 16.0 Å². The molecular formula is C21H25NO4. The number of carbonyl (C=O) groups excluding carboxylic acids is 1. The van der Waals surface area contributed by atoms with E-state index in [1.165, 1.54) is 5.56 Å². The monoisotopic (exact) mass is 355 g/mol. The topological polar surface area (TPSA) is 56.8 Å². The number of amides is 1. The number of benzene rings is 2. The maximum Gasteiger partial charge on any atom is 0.265 e. The number of nitrogens with one attached hydrogen (secondary N) is 1. The summed E-state index contributed by atoms with van der Waals surface area (Å²) in [5.74, 6) is 1.13. The lowest BCUT2D eigenvalue weighted by atomic mass is 10.1. The van der Waals surface area contributed by atoms with Crippen LogP contribution in [0.4, 0.5) is 0 Å². The van der Waals surface area contributed by atoms with Gasteiger partial charge in [0.2, 0.25) is 6.10 Å². The van der Waals surface area contributed by atoms with Crippen molar-refractivity contribution >= 4 is 5.91 Å². The molecule has 1 N–H and O–H groups in total. The summed E-state index contributed by atoms with van der Waals surface area (Å²) in [6.45, 7) is 3.70. The van der Waals surface area contributed by atoms with E-state index in [0.29, 0.717) is 31.3 Å². The molecule has 1 amide bonds. The van der Waals surface area contributed by atoms with E-state index in [1.807, 2.05) is 49.4 Å². The van der Waals surface area contributed by atoms with E-state index in [-0.39, 0.29) is 12.0 Å². The van der Waals surface area contributed by atoms with Gasteiger partial charge in [-0.3, -0.25) is 4.79 Å². The fourth-order valence-corrected chi connectivity index (χ4v) is 2.83. The van der Waals surface area contributed by atoms with Gasteiger partial charge in [-0.2, -0.15) is 0 Å². The van der Waals surface area contributed by atoms with Crippen molar-refractivity contribution in [2.45, 2.75) is 32.0 Å². The number of para-hydroxylation sites is 2. The van der Waals surface area contributed by atoms with Crippen LogP contribution in [0.25, 0.3) is 0 Å². The van der Waals surface area contributed by atoms with Crippen molar-refractivity contribution in [2.24, 2.45) is 0 Å².